The number of sulfone groups is 1. The van der Waals surface area contributed by atoms with Crippen molar-refractivity contribution >= 4 is 36.8 Å². The number of aromatic nitrogens is 3. The number of fused-ring (bicyclic) bond motifs is 1. The quantitative estimate of drug-likeness (QED) is 0.836. The van der Waals surface area contributed by atoms with Gasteiger partial charge in [-0.15, -0.1) is 5.10 Å². The van der Waals surface area contributed by atoms with Crippen LogP contribution < -0.4 is 0 Å². The number of benzene rings is 1. The average Bonchev–Trinajstić information content (AvgIpc) is 2.73. The normalized spacial score (nSPS) is 22.7. The fraction of sp³-hybridized carbons (Fsp3) is 0.500. The number of rotatable bonds is 2. The van der Waals surface area contributed by atoms with E-state index in [1.54, 1.807) is 0 Å². The maximum Gasteiger partial charge on any atom is 0.150 e. The third-order valence-electron chi connectivity index (χ3n) is 3.48. The zero-order chi connectivity index (χ0) is 13.5. The first-order valence-corrected chi connectivity index (χ1v) is 8.85. The van der Waals surface area contributed by atoms with Crippen molar-refractivity contribution in [2.75, 3.05) is 11.5 Å². The highest BCUT2D eigenvalue weighted by Gasteiger charge is 2.25. The van der Waals surface area contributed by atoms with Crippen molar-refractivity contribution < 1.29 is 8.42 Å². The van der Waals surface area contributed by atoms with Crippen LogP contribution in [0.5, 0.6) is 0 Å². The monoisotopic (exact) mass is 343 g/mol. The lowest BCUT2D eigenvalue weighted by molar-refractivity contribution is 0.407. The van der Waals surface area contributed by atoms with Crippen LogP contribution in [-0.4, -0.2) is 34.9 Å². The highest BCUT2D eigenvalue weighted by Crippen LogP contribution is 2.24. The predicted molar refractivity (Wildman–Crippen MR) is 76.6 cm³/mol. The van der Waals surface area contributed by atoms with Crippen LogP contribution in [0.2, 0.25) is 0 Å². The van der Waals surface area contributed by atoms with E-state index in [1.807, 2.05) is 22.9 Å². The summed E-state index contributed by atoms with van der Waals surface area (Å²) < 4.78 is 26.0. The molecule has 1 atom stereocenters. The van der Waals surface area contributed by atoms with E-state index in [9.17, 15) is 8.42 Å². The van der Waals surface area contributed by atoms with Gasteiger partial charge in [0.15, 0.2) is 9.84 Å². The van der Waals surface area contributed by atoms with Crippen molar-refractivity contribution in [2.45, 2.75) is 19.4 Å². The average molecular weight is 344 g/mol. The molecule has 5 nitrogen and oxygen atoms in total. The Bertz CT molecular complexity index is 711. The maximum atomic E-state index is 11.7. The fourth-order valence-electron chi connectivity index (χ4n) is 2.60. The lowest BCUT2D eigenvalue weighted by Crippen LogP contribution is -2.28. The largest absolute Gasteiger partial charge is 0.244 e. The molecule has 1 fully saturated rings. The molecule has 7 heteroatoms. The summed E-state index contributed by atoms with van der Waals surface area (Å²) >= 11 is 3.44. The summed E-state index contributed by atoms with van der Waals surface area (Å²) in [6.07, 6.45) is 1.69. The summed E-state index contributed by atoms with van der Waals surface area (Å²) in [4.78, 5) is 0. The van der Waals surface area contributed by atoms with Crippen molar-refractivity contribution in [2.24, 2.45) is 5.92 Å². The fourth-order valence-corrected chi connectivity index (χ4v) is 4.80. The Morgan fingerprint density at radius 2 is 2.26 bits per heavy atom. The molecular formula is C12H14BrN3O2S. The van der Waals surface area contributed by atoms with Gasteiger partial charge >= 0.3 is 0 Å². The third-order valence-corrected chi connectivity index (χ3v) is 6.01. The van der Waals surface area contributed by atoms with Crippen LogP contribution in [0, 0.1) is 5.92 Å². The SMILES string of the molecule is O=S1(=O)CCCC(Cn2nnc3c(Br)cccc32)C1. The van der Waals surface area contributed by atoms with E-state index in [-0.39, 0.29) is 11.7 Å². The van der Waals surface area contributed by atoms with E-state index in [1.165, 1.54) is 0 Å². The molecule has 102 valence electrons. The molecule has 19 heavy (non-hydrogen) atoms. The Morgan fingerprint density at radius 1 is 1.42 bits per heavy atom. The van der Waals surface area contributed by atoms with E-state index < -0.39 is 9.84 Å². The van der Waals surface area contributed by atoms with Gasteiger partial charge in [0.1, 0.15) is 5.52 Å². The molecule has 2 aromatic rings. The molecular weight excluding hydrogens is 330 g/mol. The van der Waals surface area contributed by atoms with Gasteiger partial charge in [0.25, 0.3) is 0 Å². The molecule has 2 heterocycles. The zero-order valence-corrected chi connectivity index (χ0v) is 12.7. The first-order valence-electron chi connectivity index (χ1n) is 6.23. The number of nitrogens with zero attached hydrogens (tertiary/aromatic N) is 3. The van der Waals surface area contributed by atoms with E-state index in [0.717, 1.165) is 28.3 Å². The minimum atomic E-state index is -2.87. The maximum absolute atomic E-state index is 11.7. The Labute approximate surface area is 120 Å². The van der Waals surface area contributed by atoms with Gasteiger partial charge in [0, 0.05) is 11.0 Å². The topological polar surface area (TPSA) is 64.8 Å². The minimum absolute atomic E-state index is 0.141. The predicted octanol–water partition coefficient (Wildman–Crippen LogP) is 2.02. The van der Waals surface area contributed by atoms with Crippen LogP contribution in [0.1, 0.15) is 12.8 Å². The first kappa shape index (κ1) is 13.1. The summed E-state index contributed by atoms with van der Waals surface area (Å²) in [5, 5.41) is 8.28. The second-order valence-corrected chi connectivity index (χ2v) is 8.08. The Balaban J connectivity index is 1.88. The van der Waals surface area contributed by atoms with Gasteiger partial charge in [-0.3, -0.25) is 0 Å². The van der Waals surface area contributed by atoms with Crippen molar-refractivity contribution in [1.82, 2.24) is 15.0 Å². The molecule has 3 rings (SSSR count). The summed E-state index contributed by atoms with van der Waals surface area (Å²) in [6.45, 7) is 0.617. The molecule has 1 saturated heterocycles. The van der Waals surface area contributed by atoms with Gasteiger partial charge in [0.2, 0.25) is 0 Å². The van der Waals surface area contributed by atoms with Crippen molar-refractivity contribution in [1.29, 1.82) is 0 Å². The van der Waals surface area contributed by atoms with E-state index in [2.05, 4.69) is 26.2 Å². The Hall–Kier alpha value is -0.950. The molecule has 0 aliphatic carbocycles. The lowest BCUT2D eigenvalue weighted by atomic mass is 10.1. The second-order valence-electron chi connectivity index (χ2n) is 5.00. The van der Waals surface area contributed by atoms with Gasteiger partial charge in [0.05, 0.1) is 17.0 Å². The van der Waals surface area contributed by atoms with Gasteiger partial charge in [-0.05, 0) is 46.8 Å². The molecule has 1 unspecified atom stereocenters. The first-order chi connectivity index (χ1) is 9.05. The standard InChI is InChI=1S/C12H14BrN3O2S/c13-10-4-1-5-11-12(10)14-15-16(11)7-9-3-2-6-19(17,18)8-9/h1,4-5,9H,2-3,6-8H2. The zero-order valence-electron chi connectivity index (χ0n) is 10.3. The summed E-state index contributed by atoms with van der Waals surface area (Å²) in [5.41, 5.74) is 1.76. The Morgan fingerprint density at radius 3 is 3.05 bits per heavy atom. The molecule has 1 aromatic carbocycles. The third kappa shape index (κ3) is 2.67. The minimum Gasteiger partial charge on any atom is -0.244 e. The van der Waals surface area contributed by atoms with Gasteiger partial charge < -0.3 is 0 Å². The van der Waals surface area contributed by atoms with Gasteiger partial charge in [-0.2, -0.15) is 0 Å². The number of hydrogen-bond donors (Lipinski definition) is 0. The summed E-state index contributed by atoms with van der Waals surface area (Å²) in [7, 11) is -2.87. The Kier molecular flexibility index (Phi) is 3.34. The van der Waals surface area contributed by atoms with Gasteiger partial charge in [-0.25, -0.2) is 13.1 Å². The van der Waals surface area contributed by atoms with E-state index in [4.69, 9.17) is 0 Å². The summed E-state index contributed by atoms with van der Waals surface area (Å²) in [6, 6.07) is 5.81. The van der Waals surface area contributed by atoms with Crippen LogP contribution in [0.4, 0.5) is 0 Å². The van der Waals surface area contributed by atoms with Gasteiger partial charge in [-0.1, -0.05) is 11.3 Å². The van der Waals surface area contributed by atoms with E-state index >= 15 is 0 Å². The molecule has 0 N–H and O–H groups in total. The molecule has 0 amide bonds. The molecule has 0 saturated carbocycles. The lowest BCUT2D eigenvalue weighted by Gasteiger charge is -2.21. The van der Waals surface area contributed by atoms with Crippen LogP contribution >= 0.6 is 15.9 Å². The molecule has 1 aliphatic heterocycles. The second kappa shape index (κ2) is 4.86. The van der Waals surface area contributed by atoms with Crippen molar-refractivity contribution in [3.8, 4) is 0 Å². The summed E-state index contributed by atoms with van der Waals surface area (Å²) in [5.74, 6) is 0.734. The molecule has 0 bridgehead atoms. The van der Waals surface area contributed by atoms with Crippen LogP contribution in [0.25, 0.3) is 11.0 Å². The smallest absolute Gasteiger partial charge is 0.150 e. The number of hydrogen-bond acceptors (Lipinski definition) is 4. The highest BCUT2D eigenvalue weighted by molar-refractivity contribution is 9.10. The molecule has 0 radical (unpaired) electrons. The van der Waals surface area contributed by atoms with Crippen molar-refractivity contribution in [3.63, 3.8) is 0 Å². The van der Waals surface area contributed by atoms with Crippen LogP contribution in [0.15, 0.2) is 22.7 Å². The van der Waals surface area contributed by atoms with E-state index in [0.29, 0.717) is 12.3 Å². The number of halogens is 1. The highest BCUT2D eigenvalue weighted by atomic mass is 79.9. The molecule has 1 aromatic heterocycles. The molecule has 1 aliphatic rings. The van der Waals surface area contributed by atoms with Crippen LogP contribution in [-0.2, 0) is 16.4 Å². The van der Waals surface area contributed by atoms with Crippen LogP contribution in [0.3, 0.4) is 0 Å². The van der Waals surface area contributed by atoms with Crippen molar-refractivity contribution in [3.05, 3.63) is 22.7 Å². The molecule has 0 spiro atoms.